The van der Waals surface area contributed by atoms with Gasteiger partial charge in [-0.05, 0) is 12.2 Å². The van der Waals surface area contributed by atoms with Gasteiger partial charge < -0.3 is 5.21 Å². The van der Waals surface area contributed by atoms with Crippen LogP contribution in [0.5, 0.6) is 0 Å². The van der Waals surface area contributed by atoms with Gasteiger partial charge in [0.25, 0.3) is 0 Å². The van der Waals surface area contributed by atoms with Gasteiger partial charge in [-0.15, -0.1) is 0 Å². The maximum atomic E-state index is 9.03. The van der Waals surface area contributed by atoms with Gasteiger partial charge in [-0.25, -0.2) is 0 Å². The SMILES string of the molecule is CCCCCCCSC/C(=N\O)c1ccccc1. The smallest absolute Gasteiger partial charge is 0.0966 e. The minimum absolute atomic E-state index is 0.772. The highest BCUT2D eigenvalue weighted by molar-refractivity contribution is 7.99. The molecule has 18 heavy (non-hydrogen) atoms. The summed E-state index contributed by atoms with van der Waals surface area (Å²) in [5.41, 5.74) is 1.78. The molecule has 1 aromatic carbocycles. The number of rotatable bonds is 9. The van der Waals surface area contributed by atoms with E-state index in [1.807, 2.05) is 42.1 Å². The second-order valence-electron chi connectivity index (χ2n) is 4.38. The van der Waals surface area contributed by atoms with E-state index in [0.29, 0.717) is 0 Å². The van der Waals surface area contributed by atoms with E-state index in [4.69, 9.17) is 5.21 Å². The van der Waals surface area contributed by atoms with Gasteiger partial charge in [-0.3, -0.25) is 0 Å². The molecule has 1 N–H and O–H groups in total. The Morgan fingerprint density at radius 1 is 1.11 bits per heavy atom. The van der Waals surface area contributed by atoms with Crippen LogP contribution >= 0.6 is 11.8 Å². The molecule has 1 aromatic rings. The van der Waals surface area contributed by atoms with Crippen molar-refractivity contribution >= 4 is 17.5 Å². The second-order valence-corrected chi connectivity index (χ2v) is 5.48. The van der Waals surface area contributed by atoms with Crippen LogP contribution < -0.4 is 0 Å². The monoisotopic (exact) mass is 265 g/mol. The van der Waals surface area contributed by atoms with Crippen LogP contribution in [0.4, 0.5) is 0 Å². The zero-order valence-corrected chi connectivity index (χ0v) is 12.0. The van der Waals surface area contributed by atoms with Crippen molar-refractivity contribution in [1.82, 2.24) is 0 Å². The Labute approximate surface area is 114 Å². The van der Waals surface area contributed by atoms with E-state index in [-0.39, 0.29) is 0 Å². The normalized spacial score (nSPS) is 11.7. The number of thioether (sulfide) groups is 1. The predicted molar refractivity (Wildman–Crippen MR) is 80.8 cm³/mol. The first kappa shape index (κ1) is 15.1. The minimum atomic E-state index is 0.772. The van der Waals surface area contributed by atoms with Crippen molar-refractivity contribution in [3.63, 3.8) is 0 Å². The molecule has 1 rings (SSSR count). The molecule has 0 spiro atoms. The average Bonchev–Trinajstić information content (AvgIpc) is 2.43. The van der Waals surface area contributed by atoms with Crippen LogP contribution in [0.15, 0.2) is 35.5 Å². The van der Waals surface area contributed by atoms with Gasteiger partial charge in [0.1, 0.15) is 0 Å². The predicted octanol–water partition coefficient (Wildman–Crippen LogP) is 4.57. The Bertz CT molecular complexity index is 338. The molecule has 0 aliphatic carbocycles. The van der Waals surface area contributed by atoms with Crippen molar-refractivity contribution in [2.24, 2.45) is 5.16 Å². The lowest BCUT2D eigenvalue weighted by Crippen LogP contribution is -2.04. The van der Waals surface area contributed by atoms with Crippen molar-refractivity contribution in [2.45, 2.75) is 39.0 Å². The number of nitrogens with zero attached hydrogens (tertiary/aromatic N) is 1. The van der Waals surface area contributed by atoms with Gasteiger partial charge in [-0.1, -0.05) is 68.1 Å². The summed E-state index contributed by atoms with van der Waals surface area (Å²) in [6.45, 7) is 2.23. The Hall–Kier alpha value is -0.960. The maximum absolute atomic E-state index is 9.03. The Balaban J connectivity index is 2.18. The van der Waals surface area contributed by atoms with E-state index in [2.05, 4.69) is 12.1 Å². The van der Waals surface area contributed by atoms with Gasteiger partial charge in [0.2, 0.25) is 0 Å². The standard InChI is InChI=1S/C15H23NOS/c1-2-3-4-5-9-12-18-13-15(16-17)14-10-7-6-8-11-14/h6-8,10-11,17H,2-5,9,12-13H2,1H3/b16-15+. The molecule has 0 saturated carbocycles. The van der Waals surface area contributed by atoms with Gasteiger partial charge in [0, 0.05) is 11.3 Å². The fraction of sp³-hybridized carbons (Fsp3) is 0.533. The largest absolute Gasteiger partial charge is 0.411 e. The Morgan fingerprint density at radius 2 is 1.83 bits per heavy atom. The molecule has 0 heterocycles. The summed E-state index contributed by atoms with van der Waals surface area (Å²) in [7, 11) is 0. The first-order chi connectivity index (χ1) is 8.88. The van der Waals surface area contributed by atoms with Crippen LogP contribution in [0, 0.1) is 0 Å². The Kier molecular flexibility index (Phi) is 8.40. The molecule has 0 saturated heterocycles. The molecule has 0 atom stereocenters. The lowest BCUT2D eigenvalue weighted by atomic mass is 10.1. The number of unbranched alkanes of at least 4 members (excludes halogenated alkanes) is 4. The summed E-state index contributed by atoms with van der Waals surface area (Å²) in [4.78, 5) is 0. The zero-order chi connectivity index (χ0) is 13.1. The maximum Gasteiger partial charge on any atom is 0.0966 e. The fourth-order valence-corrected chi connectivity index (χ4v) is 2.75. The molecule has 0 aliphatic heterocycles. The molecule has 0 aliphatic rings. The lowest BCUT2D eigenvalue weighted by Gasteiger charge is -2.04. The zero-order valence-electron chi connectivity index (χ0n) is 11.1. The van der Waals surface area contributed by atoms with Gasteiger partial charge >= 0.3 is 0 Å². The van der Waals surface area contributed by atoms with Crippen molar-refractivity contribution in [2.75, 3.05) is 11.5 Å². The first-order valence-electron chi connectivity index (χ1n) is 6.72. The third-order valence-electron chi connectivity index (χ3n) is 2.86. The third-order valence-corrected chi connectivity index (χ3v) is 3.91. The average molecular weight is 265 g/mol. The van der Waals surface area contributed by atoms with E-state index in [1.165, 1.54) is 32.1 Å². The lowest BCUT2D eigenvalue weighted by molar-refractivity contribution is 0.319. The summed E-state index contributed by atoms with van der Waals surface area (Å²) in [6, 6.07) is 9.87. The van der Waals surface area contributed by atoms with E-state index >= 15 is 0 Å². The number of benzene rings is 1. The molecule has 0 amide bonds. The molecular formula is C15H23NOS. The van der Waals surface area contributed by atoms with E-state index in [1.54, 1.807) is 0 Å². The molecule has 2 nitrogen and oxygen atoms in total. The minimum Gasteiger partial charge on any atom is -0.411 e. The van der Waals surface area contributed by atoms with Crippen LogP contribution in [0.25, 0.3) is 0 Å². The molecule has 0 unspecified atom stereocenters. The van der Waals surface area contributed by atoms with Gasteiger partial charge in [0.05, 0.1) is 5.71 Å². The molecule has 100 valence electrons. The Morgan fingerprint density at radius 3 is 2.50 bits per heavy atom. The van der Waals surface area contributed by atoms with Crippen LogP contribution in [0.3, 0.4) is 0 Å². The summed E-state index contributed by atoms with van der Waals surface area (Å²) in [5.74, 6) is 1.93. The number of oxime groups is 1. The number of hydrogen-bond donors (Lipinski definition) is 1. The molecule has 0 fully saturated rings. The first-order valence-corrected chi connectivity index (χ1v) is 7.88. The topological polar surface area (TPSA) is 32.6 Å². The molecule has 0 radical (unpaired) electrons. The van der Waals surface area contributed by atoms with Crippen LogP contribution in [-0.2, 0) is 0 Å². The second kappa shape index (κ2) is 10.0. The van der Waals surface area contributed by atoms with E-state index in [0.717, 1.165) is 22.8 Å². The molecule has 0 bridgehead atoms. The van der Waals surface area contributed by atoms with Crippen LogP contribution in [0.2, 0.25) is 0 Å². The van der Waals surface area contributed by atoms with Gasteiger partial charge in [-0.2, -0.15) is 11.8 Å². The highest BCUT2D eigenvalue weighted by Crippen LogP contribution is 2.12. The highest BCUT2D eigenvalue weighted by atomic mass is 32.2. The number of hydrogen-bond acceptors (Lipinski definition) is 3. The van der Waals surface area contributed by atoms with Crippen molar-refractivity contribution < 1.29 is 5.21 Å². The van der Waals surface area contributed by atoms with Crippen LogP contribution in [0.1, 0.15) is 44.6 Å². The third kappa shape index (κ3) is 6.10. The molecule has 3 heteroatoms. The summed E-state index contributed by atoms with van der Waals surface area (Å²) in [6.07, 6.45) is 6.56. The molecule has 0 aromatic heterocycles. The summed E-state index contributed by atoms with van der Waals surface area (Å²) in [5, 5.41) is 12.4. The van der Waals surface area contributed by atoms with E-state index in [9.17, 15) is 0 Å². The fourth-order valence-electron chi connectivity index (χ4n) is 1.78. The van der Waals surface area contributed by atoms with E-state index < -0.39 is 0 Å². The highest BCUT2D eigenvalue weighted by Gasteiger charge is 2.03. The summed E-state index contributed by atoms with van der Waals surface area (Å²) < 4.78 is 0. The van der Waals surface area contributed by atoms with Crippen molar-refractivity contribution in [3.8, 4) is 0 Å². The van der Waals surface area contributed by atoms with Gasteiger partial charge in [0.15, 0.2) is 0 Å². The van der Waals surface area contributed by atoms with Crippen LogP contribution in [-0.4, -0.2) is 22.4 Å². The summed E-state index contributed by atoms with van der Waals surface area (Å²) >= 11 is 1.85. The quantitative estimate of drug-likeness (QED) is 0.307. The molecular weight excluding hydrogens is 242 g/mol. The van der Waals surface area contributed by atoms with Crippen molar-refractivity contribution in [3.05, 3.63) is 35.9 Å². The van der Waals surface area contributed by atoms with Crippen molar-refractivity contribution in [1.29, 1.82) is 0 Å².